The molecule has 4 nitrogen and oxygen atoms in total. The molecule has 8 rings (SSSR count). The van der Waals surface area contributed by atoms with E-state index in [1.165, 1.54) is 33.9 Å². The molecule has 0 saturated carbocycles. The van der Waals surface area contributed by atoms with Crippen molar-refractivity contribution >= 4 is 22.1 Å². The summed E-state index contributed by atoms with van der Waals surface area (Å²) in [4.78, 5) is 13.3. The molecule has 0 aliphatic heterocycles. The maximum Gasteiger partial charge on any atom is 0.216 e. The number of nitrogens with zero attached hydrogens (tertiary/aromatic N) is 3. The summed E-state index contributed by atoms with van der Waals surface area (Å²) in [5.41, 5.74) is 12.7. The van der Waals surface area contributed by atoms with Gasteiger partial charge in [-0.05, 0) is 96.3 Å². The first kappa shape index (κ1) is 32.2. The summed E-state index contributed by atoms with van der Waals surface area (Å²) in [6.45, 7) is 9.72. The fourth-order valence-corrected chi connectivity index (χ4v) is 6.32. The molecule has 0 amide bonds. The second kappa shape index (κ2) is 16.4. The first-order valence-corrected chi connectivity index (χ1v) is 17.8. The van der Waals surface area contributed by atoms with Crippen LogP contribution in [0.4, 0.5) is 0 Å². The number of furan rings is 1. The average Bonchev–Trinajstić information content (AvgIpc) is 3.58. The van der Waals surface area contributed by atoms with Gasteiger partial charge in [-0.2, -0.15) is 0 Å². The molecular weight excluding hydrogens is 839 g/mol. The summed E-state index contributed by atoms with van der Waals surface area (Å²) < 4.78 is 45.9. The molecular formula is C49H45IrN3O-2. The second-order valence-corrected chi connectivity index (χ2v) is 14.5. The van der Waals surface area contributed by atoms with Crippen LogP contribution in [0, 0.1) is 45.2 Å². The van der Waals surface area contributed by atoms with E-state index in [1.807, 2.05) is 75.5 Å². The van der Waals surface area contributed by atoms with Crippen LogP contribution in [0.1, 0.15) is 66.7 Å². The number of aromatic nitrogens is 3. The van der Waals surface area contributed by atoms with Crippen molar-refractivity contribution in [3.05, 3.63) is 173 Å². The molecule has 0 spiro atoms. The van der Waals surface area contributed by atoms with Crippen molar-refractivity contribution < 1.29 is 31.4 Å². The standard InChI is InChI=1S/C29H27N2O.C20H18N.Ir/c1-19-8-13-24-23-6-5-7-25(27(23)32-28(24)31-19)26-17-22(14-15-30-26)16-20-9-11-21(12-10-20)18-29(2,3)4;1-14-9-10-18(20-11-15(2)16(3)13-21-20)12-19(14)17-7-5-4-6-8-17;/h5-6,8-15,17H,16,18H2,1-4H3;4-9,11-13H,1-3H3;/q2*-1;/i1D3,18D2;;. The third kappa shape index (κ3) is 8.93. The van der Waals surface area contributed by atoms with E-state index in [-0.39, 0.29) is 31.5 Å². The van der Waals surface area contributed by atoms with Crippen LogP contribution in [0.15, 0.2) is 126 Å². The molecule has 5 heteroatoms. The molecule has 0 fully saturated rings. The van der Waals surface area contributed by atoms with Crippen LogP contribution in [-0.4, -0.2) is 15.0 Å². The Morgan fingerprint density at radius 3 is 2.26 bits per heavy atom. The molecule has 0 atom stereocenters. The van der Waals surface area contributed by atoms with E-state index < -0.39 is 18.6 Å². The zero-order chi connectivity index (χ0) is 41.4. The van der Waals surface area contributed by atoms with Gasteiger partial charge in [-0.1, -0.05) is 117 Å². The van der Waals surface area contributed by atoms with Gasteiger partial charge in [0.2, 0.25) is 5.71 Å². The zero-order valence-electron chi connectivity index (χ0n) is 36.3. The minimum Gasteiger partial charge on any atom is -0.486 e. The number of hydrogen-bond acceptors (Lipinski definition) is 4. The van der Waals surface area contributed by atoms with Crippen LogP contribution in [0.25, 0.3) is 55.7 Å². The summed E-state index contributed by atoms with van der Waals surface area (Å²) in [6.07, 6.45) is 2.90. The first-order chi connectivity index (χ1) is 27.5. The molecule has 0 N–H and O–H groups in total. The van der Waals surface area contributed by atoms with Crippen molar-refractivity contribution in [3.8, 4) is 33.6 Å². The Morgan fingerprint density at radius 2 is 1.52 bits per heavy atom. The molecule has 0 bridgehead atoms. The maximum atomic E-state index is 8.50. The fourth-order valence-electron chi connectivity index (χ4n) is 6.32. The third-order valence-corrected chi connectivity index (χ3v) is 9.15. The number of hydrogen-bond donors (Lipinski definition) is 0. The Labute approximate surface area is 340 Å². The van der Waals surface area contributed by atoms with Gasteiger partial charge in [0.05, 0.1) is 5.58 Å². The van der Waals surface area contributed by atoms with Gasteiger partial charge in [0.15, 0.2) is 0 Å². The molecule has 4 heterocycles. The van der Waals surface area contributed by atoms with E-state index in [2.05, 4.69) is 90.3 Å². The topological polar surface area (TPSA) is 51.8 Å². The van der Waals surface area contributed by atoms with E-state index in [9.17, 15) is 0 Å². The fraction of sp³-hybridized carbons (Fsp3) is 0.204. The van der Waals surface area contributed by atoms with Crippen LogP contribution in [0.2, 0.25) is 0 Å². The number of aryl methyl sites for hydroxylation is 4. The SMILES string of the molecule is Cc1cnc(-c2[c-]cc(C)c(-c3ccccc3)c2)cc1C.[2H]C([2H])([2H])c1ccc2c(n1)oc1c(-c3cc(Cc4ccc(C([2H])([2H])C(C)(C)C)cc4)ccn3)[c-]ccc12.[Ir]. The summed E-state index contributed by atoms with van der Waals surface area (Å²) in [6, 6.07) is 41.9. The molecule has 273 valence electrons. The van der Waals surface area contributed by atoms with Crippen LogP contribution < -0.4 is 0 Å². The van der Waals surface area contributed by atoms with Crippen molar-refractivity contribution in [2.45, 2.75) is 61.2 Å². The predicted molar refractivity (Wildman–Crippen MR) is 219 cm³/mol. The predicted octanol–water partition coefficient (Wildman–Crippen LogP) is 12.5. The largest absolute Gasteiger partial charge is 0.486 e. The molecule has 0 unspecified atom stereocenters. The maximum absolute atomic E-state index is 8.50. The van der Waals surface area contributed by atoms with E-state index in [1.54, 1.807) is 18.3 Å². The first-order valence-electron chi connectivity index (χ1n) is 20.3. The van der Waals surface area contributed by atoms with Gasteiger partial charge in [0.25, 0.3) is 0 Å². The normalized spacial score (nSPS) is 13.1. The van der Waals surface area contributed by atoms with E-state index in [0.717, 1.165) is 33.2 Å². The third-order valence-electron chi connectivity index (χ3n) is 9.15. The summed E-state index contributed by atoms with van der Waals surface area (Å²) in [7, 11) is 0. The van der Waals surface area contributed by atoms with Gasteiger partial charge in [0, 0.05) is 50.4 Å². The van der Waals surface area contributed by atoms with Crippen molar-refractivity contribution in [2.24, 2.45) is 5.41 Å². The second-order valence-electron chi connectivity index (χ2n) is 14.5. The molecule has 0 aliphatic carbocycles. The summed E-state index contributed by atoms with van der Waals surface area (Å²) in [5, 5.41) is 1.56. The van der Waals surface area contributed by atoms with E-state index in [0.29, 0.717) is 28.8 Å². The molecule has 0 aliphatic rings. The molecule has 54 heavy (non-hydrogen) atoms. The Hall–Kier alpha value is -5.22. The molecule has 4 aromatic heterocycles. The van der Waals surface area contributed by atoms with E-state index in [4.69, 9.17) is 11.3 Å². The average molecular weight is 889 g/mol. The number of fused-ring (bicyclic) bond motifs is 3. The Bertz CT molecular complexity index is 2740. The Morgan fingerprint density at radius 1 is 0.741 bits per heavy atom. The minimum atomic E-state index is -2.31. The van der Waals surface area contributed by atoms with Gasteiger partial charge < -0.3 is 14.4 Å². The van der Waals surface area contributed by atoms with Crippen molar-refractivity contribution in [1.29, 1.82) is 0 Å². The minimum absolute atomic E-state index is 0. The van der Waals surface area contributed by atoms with Crippen molar-refractivity contribution in [3.63, 3.8) is 0 Å². The molecule has 8 aromatic rings. The molecule has 0 saturated heterocycles. The van der Waals surface area contributed by atoms with Crippen molar-refractivity contribution in [1.82, 2.24) is 15.0 Å². The monoisotopic (exact) mass is 889 g/mol. The van der Waals surface area contributed by atoms with Crippen molar-refractivity contribution in [2.75, 3.05) is 0 Å². The van der Waals surface area contributed by atoms with Crippen LogP contribution in [0.3, 0.4) is 0 Å². The van der Waals surface area contributed by atoms with E-state index >= 15 is 0 Å². The van der Waals surface area contributed by atoms with Gasteiger partial charge in [-0.15, -0.1) is 47.5 Å². The van der Waals surface area contributed by atoms with Crippen LogP contribution in [-0.2, 0) is 32.9 Å². The van der Waals surface area contributed by atoms with Gasteiger partial charge >= 0.3 is 0 Å². The molecule has 1 radical (unpaired) electrons. The van der Waals surface area contributed by atoms with Crippen LogP contribution in [0.5, 0.6) is 0 Å². The Balaban J connectivity index is 0.000000226. The summed E-state index contributed by atoms with van der Waals surface area (Å²) in [5.74, 6) is 0. The quantitative estimate of drug-likeness (QED) is 0.156. The van der Waals surface area contributed by atoms with Crippen LogP contribution >= 0.6 is 0 Å². The van der Waals surface area contributed by atoms with Gasteiger partial charge in [-0.25, -0.2) is 4.98 Å². The van der Waals surface area contributed by atoms with Gasteiger partial charge in [0.1, 0.15) is 0 Å². The number of pyridine rings is 3. The number of benzene rings is 4. The smallest absolute Gasteiger partial charge is 0.216 e. The summed E-state index contributed by atoms with van der Waals surface area (Å²) >= 11 is 0. The Kier molecular flexibility index (Phi) is 9.80. The van der Waals surface area contributed by atoms with Gasteiger partial charge in [-0.3, -0.25) is 0 Å². The zero-order valence-corrected chi connectivity index (χ0v) is 33.7. The number of rotatable bonds is 6. The molecule has 4 aromatic carbocycles.